The summed E-state index contributed by atoms with van der Waals surface area (Å²) in [5.74, 6) is 1.45. The molecular formula is C21H26N6O2S. The van der Waals surface area contributed by atoms with Gasteiger partial charge in [-0.2, -0.15) is 9.40 Å². The molecule has 1 aliphatic rings. The molecule has 3 aromatic rings. The SMILES string of the molecule is Cc1ccc(CS(=O)(=O)N2CCN(c3ccc(-n4nc(C)cc4C)nn3)CC2)cc1. The van der Waals surface area contributed by atoms with Crippen LogP contribution in [0.4, 0.5) is 5.82 Å². The normalized spacial score (nSPS) is 15.5. The number of sulfonamides is 1. The van der Waals surface area contributed by atoms with Crippen molar-refractivity contribution in [1.29, 1.82) is 0 Å². The second kappa shape index (κ2) is 8.16. The molecule has 9 heteroatoms. The number of piperazine rings is 1. The fraction of sp³-hybridized carbons (Fsp3) is 0.381. The molecule has 0 N–H and O–H groups in total. The number of benzene rings is 1. The first kappa shape index (κ1) is 20.5. The number of nitrogens with zero attached hydrogens (tertiary/aromatic N) is 6. The molecule has 1 saturated heterocycles. The summed E-state index contributed by atoms with van der Waals surface area (Å²) < 4.78 is 28.9. The molecular weight excluding hydrogens is 400 g/mol. The number of hydrogen-bond acceptors (Lipinski definition) is 6. The quantitative estimate of drug-likeness (QED) is 0.622. The van der Waals surface area contributed by atoms with E-state index in [1.54, 1.807) is 8.99 Å². The minimum atomic E-state index is -3.34. The Labute approximate surface area is 177 Å². The molecule has 1 fully saturated rings. The third-order valence-corrected chi connectivity index (χ3v) is 7.14. The van der Waals surface area contributed by atoms with E-state index in [0.717, 1.165) is 28.3 Å². The first-order valence-corrected chi connectivity index (χ1v) is 11.6. The Hall–Kier alpha value is -2.78. The van der Waals surface area contributed by atoms with Crippen LogP contribution in [0, 0.1) is 20.8 Å². The predicted octanol–water partition coefficient (Wildman–Crippen LogP) is 2.24. The number of aromatic nitrogens is 4. The van der Waals surface area contributed by atoms with Gasteiger partial charge in [0.2, 0.25) is 10.0 Å². The summed E-state index contributed by atoms with van der Waals surface area (Å²) in [6.07, 6.45) is 0. The average molecular weight is 427 g/mol. The van der Waals surface area contributed by atoms with Crippen molar-refractivity contribution in [1.82, 2.24) is 24.3 Å². The van der Waals surface area contributed by atoms with Crippen LogP contribution in [0.5, 0.6) is 0 Å². The van der Waals surface area contributed by atoms with Crippen LogP contribution in [-0.2, 0) is 15.8 Å². The second-order valence-electron chi connectivity index (χ2n) is 7.72. The molecule has 2 aromatic heterocycles. The van der Waals surface area contributed by atoms with Gasteiger partial charge in [-0.25, -0.2) is 13.1 Å². The molecule has 3 heterocycles. The van der Waals surface area contributed by atoms with Crippen molar-refractivity contribution in [3.63, 3.8) is 0 Å². The Bertz CT molecular complexity index is 1120. The number of aryl methyl sites for hydroxylation is 3. The molecule has 4 rings (SSSR count). The molecule has 0 amide bonds. The fourth-order valence-electron chi connectivity index (χ4n) is 3.64. The van der Waals surface area contributed by atoms with E-state index >= 15 is 0 Å². The lowest BCUT2D eigenvalue weighted by molar-refractivity contribution is 0.383. The van der Waals surface area contributed by atoms with E-state index in [1.807, 2.05) is 63.2 Å². The van der Waals surface area contributed by atoms with Crippen LogP contribution < -0.4 is 4.90 Å². The zero-order chi connectivity index (χ0) is 21.3. The third kappa shape index (κ3) is 4.36. The second-order valence-corrected chi connectivity index (χ2v) is 9.69. The van der Waals surface area contributed by atoms with E-state index in [2.05, 4.69) is 20.2 Å². The van der Waals surface area contributed by atoms with E-state index in [-0.39, 0.29) is 5.75 Å². The highest BCUT2D eigenvalue weighted by Crippen LogP contribution is 2.18. The molecule has 0 unspecified atom stereocenters. The summed E-state index contributed by atoms with van der Waals surface area (Å²) in [4.78, 5) is 2.07. The molecule has 0 radical (unpaired) electrons. The van der Waals surface area contributed by atoms with Gasteiger partial charge >= 0.3 is 0 Å². The Morgan fingerprint density at radius 1 is 0.867 bits per heavy atom. The van der Waals surface area contributed by atoms with Gasteiger partial charge in [-0.05, 0) is 44.5 Å². The molecule has 1 aromatic carbocycles. The van der Waals surface area contributed by atoms with Crippen LogP contribution in [-0.4, -0.2) is 58.9 Å². The Morgan fingerprint density at radius 3 is 2.07 bits per heavy atom. The van der Waals surface area contributed by atoms with Crippen molar-refractivity contribution in [2.45, 2.75) is 26.5 Å². The maximum atomic E-state index is 12.8. The zero-order valence-corrected chi connectivity index (χ0v) is 18.3. The molecule has 0 spiro atoms. The largest absolute Gasteiger partial charge is 0.352 e. The minimum absolute atomic E-state index is 0.0322. The summed E-state index contributed by atoms with van der Waals surface area (Å²) in [6.45, 7) is 7.96. The van der Waals surface area contributed by atoms with Gasteiger partial charge in [0.05, 0.1) is 11.4 Å². The topological polar surface area (TPSA) is 84.2 Å². The van der Waals surface area contributed by atoms with Crippen molar-refractivity contribution in [3.05, 3.63) is 65.0 Å². The molecule has 0 atom stereocenters. The van der Waals surface area contributed by atoms with Gasteiger partial charge in [0.1, 0.15) is 0 Å². The first-order valence-electron chi connectivity index (χ1n) is 9.97. The van der Waals surface area contributed by atoms with Gasteiger partial charge in [0.15, 0.2) is 11.6 Å². The number of rotatable bonds is 5. The molecule has 0 bridgehead atoms. The van der Waals surface area contributed by atoms with Crippen molar-refractivity contribution in [2.24, 2.45) is 0 Å². The minimum Gasteiger partial charge on any atom is -0.352 e. The highest BCUT2D eigenvalue weighted by atomic mass is 32.2. The van der Waals surface area contributed by atoms with Crippen LogP contribution in [0.25, 0.3) is 5.82 Å². The van der Waals surface area contributed by atoms with E-state index in [4.69, 9.17) is 0 Å². The van der Waals surface area contributed by atoms with Crippen LogP contribution in [0.2, 0.25) is 0 Å². The standard InChI is InChI=1S/C21H26N6O2S/c1-16-4-6-19(7-5-16)15-30(28,29)26-12-10-25(11-13-26)20-8-9-21(23-22-20)27-18(3)14-17(2)24-27/h4-9,14H,10-13,15H2,1-3H3. The number of anilines is 1. The Morgan fingerprint density at radius 2 is 1.50 bits per heavy atom. The predicted molar refractivity (Wildman–Crippen MR) is 116 cm³/mol. The maximum absolute atomic E-state index is 12.8. The molecule has 8 nitrogen and oxygen atoms in total. The van der Waals surface area contributed by atoms with Crippen molar-refractivity contribution in [3.8, 4) is 5.82 Å². The lowest BCUT2D eigenvalue weighted by atomic mass is 10.2. The highest BCUT2D eigenvalue weighted by molar-refractivity contribution is 7.88. The molecule has 30 heavy (non-hydrogen) atoms. The molecule has 0 saturated carbocycles. The van der Waals surface area contributed by atoms with Crippen LogP contribution in [0.15, 0.2) is 42.5 Å². The Balaban J connectivity index is 1.39. The third-order valence-electron chi connectivity index (χ3n) is 5.29. The smallest absolute Gasteiger partial charge is 0.218 e. The van der Waals surface area contributed by atoms with Gasteiger partial charge in [0, 0.05) is 31.9 Å². The highest BCUT2D eigenvalue weighted by Gasteiger charge is 2.27. The van der Waals surface area contributed by atoms with E-state index in [0.29, 0.717) is 32.0 Å². The van der Waals surface area contributed by atoms with E-state index < -0.39 is 10.0 Å². The van der Waals surface area contributed by atoms with Crippen molar-refractivity contribution in [2.75, 3.05) is 31.1 Å². The van der Waals surface area contributed by atoms with Gasteiger partial charge in [-0.3, -0.25) is 0 Å². The van der Waals surface area contributed by atoms with Crippen molar-refractivity contribution >= 4 is 15.8 Å². The summed E-state index contributed by atoms with van der Waals surface area (Å²) in [6, 6.07) is 13.4. The van der Waals surface area contributed by atoms with Crippen molar-refractivity contribution < 1.29 is 8.42 Å². The van der Waals surface area contributed by atoms with Crippen LogP contribution in [0.3, 0.4) is 0 Å². The number of hydrogen-bond donors (Lipinski definition) is 0. The lowest BCUT2D eigenvalue weighted by Gasteiger charge is -2.34. The summed E-state index contributed by atoms with van der Waals surface area (Å²) in [7, 11) is -3.34. The molecule has 158 valence electrons. The van der Waals surface area contributed by atoms with Gasteiger partial charge in [0.25, 0.3) is 0 Å². The summed E-state index contributed by atoms with van der Waals surface area (Å²) in [5.41, 5.74) is 3.87. The monoisotopic (exact) mass is 426 g/mol. The molecule has 1 aliphatic heterocycles. The fourth-order valence-corrected chi connectivity index (χ4v) is 5.16. The summed E-state index contributed by atoms with van der Waals surface area (Å²) in [5, 5.41) is 13.1. The maximum Gasteiger partial charge on any atom is 0.218 e. The van der Waals surface area contributed by atoms with E-state index in [1.165, 1.54) is 0 Å². The van der Waals surface area contributed by atoms with Crippen LogP contribution in [0.1, 0.15) is 22.5 Å². The van der Waals surface area contributed by atoms with Gasteiger partial charge in [-0.1, -0.05) is 29.8 Å². The Kier molecular flexibility index (Phi) is 5.57. The van der Waals surface area contributed by atoms with Gasteiger partial charge in [-0.15, -0.1) is 10.2 Å². The zero-order valence-electron chi connectivity index (χ0n) is 17.5. The van der Waals surface area contributed by atoms with E-state index in [9.17, 15) is 8.42 Å². The lowest BCUT2D eigenvalue weighted by Crippen LogP contribution is -2.49. The van der Waals surface area contributed by atoms with Crippen LogP contribution >= 0.6 is 0 Å². The van der Waals surface area contributed by atoms with Gasteiger partial charge < -0.3 is 4.90 Å². The first-order chi connectivity index (χ1) is 14.3. The molecule has 0 aliphatic carbocycles. The summed E-state index contributed by atoms with van der Waals surface area (Å²) >= 11 is 0. The average Bonchev–Trinajstić information content (AvgIpc) is 3.08.